The van der Waals surface area contributed by atoms with Gasteiger partial charge in [-0.15, -0.1) is 0 Å². The molecule has 2 rings (SSSR count). The standard InChI is InChI=1S/C12H13FN4O/c1-7-4-5-8(6-9(7)13)10-15-11(14-2)17-12(16-10)18-3/h4-6H,1-3H3,(H,14,15,16,17). The van der Waals surface area contributed by atoms with Gasteiger partial charge >= 0.3 is 6.01 Å². The molecule has 0 aliphatic carbocycles. The Balaban J connectivity index is 2.51. The summed E-state index contributed by atoms with van der Waals surface area (Å²) in [6.07, 6.45) is 0. The van der Waals surface area contributed by atoms with E-state index >= 15 is 0 Å². The van der Waals surface area contributed by atoms with Gasteiger partial charge in [0.2, 0.25) is 5.95 Å². The fourth-order valence-electron chi connectivity index (χ4n) is 1.42. The number of halogens is 1. The van der Waals surface area contributed by atoms with Gasteiger partial charge in [-0.1, -0.05) is 12.1 Å². The van der Waals surface area contributed by atoms with Crippen LogP contribution in [0.25, 0.3) is 11.4 Å². The third kappa shape index (κ3) is 2.37. The smallest absolute Gasteiger partial charge is 0.321 e. The Bertz CT molecular complexity index is 552. The topological polar surface area (TPSA) is 59.9 Å². The van der Waals surface area contributed by atoms with E-state index in [1.54, 1.807) is 26.1 Å². The van der Waals surface area contributed by atoms with E-state index < -0.39 is 0 Å². The number of hydrogen-bond donors (Lipinski definition) is 1. The monoisotopic (exact) mass is 248 g/mol. The van der Waals surface area contributed by atoms with Crippen molar-refractivity contribution >= 4 is 5.95 Å². The van der Waals surface area contributed by atoms with Gasteiger partial charge in [-0.3, -0.25) is 0 Å². The number of anilines is 1. The minimum atomic E-state index is -0.294. The van der Waals surface area contributed by atoms with Gasteiger partial charge in [-0.2, -0.15) is 15.0 Å². The molecule has 0 atom stereocenters. The summed E-state index contributed by atoms with van der Waals surface area (Å²) in [6.45, 7) is 1.70. The van der Waals surface area contributed by atoms with Crippen LogP contribution < -0.4 is 10.1 Å². The normalized spacial score (nSPS) is 10.2. The number of methoxy groups -OCH3 is 1. The van der Waals surface area contributed by atoms with E-state index in [2.05, 4.69) is 20.3 Å². The lowest BCUT2D eigenvalue weighted by Crippen LogP contribution is -2.03. The fraction of sp³-hybridized carbons (Fsp3) is 0.250. The summed E-state index contributed by atoms with van der Waals surface area (Å²) < 4.78 is 18.5. The van der Waals surface area contributed by atoms with Gasteiger partial charge in [0.15, 0.2) is 5.82 Å². The van der Waals surface area contributed by atoms with E-state index in [0.717, 1.165) is 0 Å². The van der Waals surface area contributed by atoms with Crippen LogP contribution in [0.2, 0.25) is 0 Å². The van der Waals surface area contributed by atoms with Gasteiger partial charge in [-0.05, 0) is 18.6 Å². The first-order chi connectivity index (χ1) is 8.63. The van der Waals surface area contributed by atoms with Crippen LogP contribution in [0.5, 0.6) is 6.01 Å². The van der Waals surface area contributed by atoms with Crippen LogP contribution in [0, 0.1) is 12.7 Å². The number of nitrogens with one attached hydrogen (secondary N) is 1. The molecular weight excluding hydrogens is 235 g/mol. The molecule has 0 aliphatic rings. The second-order valence-corrected chi connectivity index (χ2v) is 3.68. The number of aromatic nitrogens is 3. The average molecular weight is 248 g/mol. The molecule has 0 unspecified atom stereocenters. The van der Waals surface area contributed by atoms with Gasteiger partial charge in [0.05, 0.1) is 7.11 Å². The zero-order chi connectivity index (χ0) is 13.1. The van der Waals surface area contributed by atoms with Crippen LogP contribution in [0.15, 0.2) is 18.2 Å². The summed E-state index contributed by atoms with van der Waals surface area (Å²) in [5.74, 6) is 0.445. The molecule has 18 heavy (non-hydrogen) atoms. The largest absolute Gasteiger partial charge is 0.467 e. The highest BCUT2D eigenvalue weighted by Gasteiger charge is 2.09. The predicted molar refractivity (Wildman–Crippen MR) is 66.1 cm³/mol. The zero-order valence-corrected chi connectivity index (χ0v) is 10.4. The van der Waals surface area contributed by atoms with E-state index in [4.69, 9.17) is 4.74 Å². The van der Waals surface area contributed by atoms with Crippen LogP contribution in [0.3, 0.4) is 0 Å². The van der Waals surface area contributed by atoms with Crippen molar-refractivity contribution in [3.8, 4) is 17.4 Å². The number of nitrogens with zero attached hydrogens (tertiary/aromatic N) is 3. The molecule has 1 heterocycles. The van der Waals surface area contributed by atoms with Crippen molar-refractivity contribution in [2.75, 3.05) is 19.5 Å². The van der Waals surface area contributed by atoms with Gasteiger partial charge in [0.1, 0.15) is 5.82 Å². The van der Waals surface area contributed by atoms with Crippen LogP contribution >= 0.6 is 0 Å². The molecule has 0 saturated carbocycles. The molecule has 0 saturated heterocycles. The average Bonchev–Trinajstić information content (AvgIpc) is 2.41. The first kappa shape index (κ1) is 12.2. The van der Waals surface area contributed by atoms with Crippen LogP contribution in [-0.2, 0) is 0 Å². The summed E-state index contributed by atoms with van der Waals surface area (Å²) in [5.41, 5.74) is 1.16. The van der Waals surface area contributed by atoms with Crippen LogP contribution in [0.4, 0.5) is 10.3 Å². The lowest BCUT2D eigenvalue weighted by molar-refractivity contribution is 0.379. The summed E-state index contributed by atoms with van der Waals surface area (Å²) in [5, 5.41) is 2.80. The molecule has 0 fully saturated rings. The van der Waals surface area contributed by atoms with Gasteiger partial charge in [-0.25, -0.2) is 4.39 Å². The van der Waals surface area contributed by atoms with E-state index in [9.17, 15) is 4.39 Å². The SMILES string of the molecule is CNc1nc(OC)nc(-c2ccc(C)c(F)c2)n1. The molecule has 5 nitrogen and oxygen atoms in total. The molecule has 2 aromatic rings. The van der Waals surface area contributed by atoms with Crippen molar-refractivity contribution in [1.82, 2.24) is 15.0 Å². The van der Waals surface area contributed by atoms with E-state index in [-0.39, 0.29) is 11.8 Å². The highest BCUT2D eigenvalue weighted by atomic mass is 19.1. The summed E-state index contributed by atoms with van der Waals surface area (Å²) in [7, 11) is 3.16. The molecule has 0 spiro atoms. The highest BCUT2D eigenvalue weighted by Crippen LogP contribution is 2.20. The molecule has 1 aromatic carbocycles. The summed E-state index contributed by atoms with van der Waals surface area (Å²) in [4.78, 5) is 12.2. The van der Waals surface area contributed by atoms with Crippen molar-refractivity contribution in [3.05, 3.63) is 29.6 Å². The van der Waals surface area contributed by atoms with E-state index in [0.29, 0.717) is 22.9 Å². The minimum absolute atomic E-state index is 0.185. The van der Waals surface area contributed by atoms with E-state index in [1.165, 1.54) is 13.2 Å². The quantitative estimate of drug-likeness (QED) is 0.900. The summed E-state index contributed by atoms with van der Waals surface area (Å²) >= 11 is 0. The minimum Gasteiger partial charge on any atom is -0.467 e. The molecule has 0 aliphatic heterocycles. The highest BCUT2D eigenvalue weighted by molar-refractivity contribution is 5.57. The van der Waals surface area contributed by atoms with Crippen LogP contribution in [-0.4, -0.2) is 29.1 Å². The molecule has 0 radical (unpaired) electrons. The first-order valence-corrected chi connectivity index (χ1v) is 5.38. The number of rotatable bonds is 3. The molecule has 0 bridgehead atoms. The van der Waals surface area contributed by atoms with Crippen molar-refractivity contribution < 1.29 is 9.13 Å². The van der Waals surface area contributed by atoms with Crippen molar-refractivity contribution in [2.24, 2.45) is 0 Å². The van der Waals surface area contributed by atoms with E-state index in [1.807, 2.05) is 0 Å². The van der Waals surface area contributed by atoms with Gasteiger partial charge < -0.3 is 10.1 Å². The molecule has 1 aromatic heterocycles. The number of hydrogen-bond acceptors (Lipinski definition) is 5. The Morgan fingerprint density at radius 3 is 2.61 bits per heavy atom. The lowest BCUT2D eigenvalue weighted by atomic mass is 10.1. The number of benzene rings is 1. The third-order valence-corrected chi connectivity index (χ3v) is 2.45. The Morgan fingerprint density at radius 1 is 1.22 bits per heavy atom. The Morgan fingerprint density at radius 2 is 2.00 bits per heavy atom. The fourth-order valence-corrected chi connectivity index (χ4v) is 1.42. The van der Waals surface area contributed by atoms with Crippen LogP contribution in [0.1, 0.15) is 5.56 Å². The van der Waals surface area contributed by atoms with Crippen molar-refractivity contribution in [1.29, 1.82) is 0 Å². The number of aryl methyl sites for hydroxylation is 1. The predicted octanol–water partition coefficient (Wildman–Crippen LogP) is 2.04. The van der Waals surface area contributed by atoms with Gasteiger partial charge in [0.25, 0.3) is 0 Å². The van der Waals surface area contributed by atoms with Gasteiger partial charge in [0, 0.05) is 12.6 Å². The molecule has 0 amide bonds. The molecule has 94 valence electrons. The first-order valence-electron chi connectivity index (χ1n) is 5.38. The molecule has 6 heteroatoms. The maximum Gasteiger partial charge on any atom is 0.321 e. The van der Waals surface area contributed by atoms with Crippen molar-refractivity contribution in [3.63, 3.8) is 0 Å². The Labute approximate surface area is 104 Å². The second kappa shape index (κ2) is 4.95. The maximum absolute atomic E-state index is 13.5. The van der Waals surface area contributed by atoms with Crippen molar-refractivity contribution in [2.45, 2.75) is 6.92 Å². The molecule has 1 N–H and O–H groups in total. The molecular formula is C12H13FN4O. The third-order valence-electron chi connectivity index (χ3n) is 2.45. The summed E-state index contributed by atoms with van der Waals surface area (Å²) in [6, 6.07) is 5.02. The lowest BCUT2D eigenvalue weighted by Gasteiger charge is -2.06. The second-order valence-electron chi connectivity index (χ2n) is 3.68. The Kier molecular flexibility index (Phi) is 3.36. The zero-order valence-electron chi connectivity index (χ0n) is 10.4. The number of ether oxygens (including phenoxy) is 1. The maximum atomic E-state index is 13.5. The Hall–Kier alpha value is -2.24.